The van der Waals surface area contributed by atoms with Crippen molar-refractivity contribution in [1.82, 2.24) is 0 Å². The third kappa shape index (κ3) is 5.21. The van der Waals surface area contributed by atoms with Crippen LogP contribution >= 0.6 is 0 Å². The van der Waals surface area contributed by atoms with Crippen LogP contribution in [0.25, 0.3) is 0 Å². The van der Waals surface area contributed by atoms with Crippen molar-refractivity contribution in [2.75, 3.05) is 24.7 Å². The molecule has 0 atom stereocenters. The van der Waals surface area contributed by atoms with E-state index in [1.165, 1.54) is 0 Å². The van der Waals surface area contributed by atoms with Gasteiger partial charge in [0.1, 0.15) is 12.4 Å². The molecule has 0 heterocycles. The highest BCUT2D eigenvalue weighted by Crippen LogP contribution is 2.12. The van der Waals surface area contributed by atoms with Gasteiger partial charge in [-0.25, -0.2) is 8.42 Å². The molecule has 0 unspecified atom stereocenters. The van der Waals surface area contributed by atoms with Gasteiger partial charge in [-0.05, 0) is 18.2 Å². The molecule has 18 heavy (non-hydrogen) atoms. The number of nitrogens with two attached hydrogens (primary N) is 1. The minimum Gasteiger partial charge on any atom is -0.492 e. The molecule has 0 saturated carbocycles. The van der Waals surface area contributed by atoms with Crippen LogP contribution in [-0.2, 0) is 9.84 Å². The number of rotatable bonds is 5. The Morgan fingerprint density at radius 2 is 2.17 bits per heavy atom. The second-order valence-electron chi connectivity index (χ2n) is 3.62. The van der Waals surface area contributed by atoms with Crippen molar-refractivity contribution in [2.45, 2.75) is 6.92 Å². The van der Waals surface area contributed by atoms with Crippen molar-refractivity contribution in [3.8, 4) is 17.6 Å². The fourth-order valence-corrected chi connectivity index (χ4v) is 1.87. The van der Waals surface area contributed by atoms with Crippen LogP contribution < -0.4 is 10.5 Å². The van der Waals surface area contributed by atoms with Gasteiger partial charge in [-0.15, -0.1) is 0 Å². The van der Waals surface area contributed by atoms with Crippen LogP contribution in [0.4, 0.5) is 0 Å². The Morgan fingerprint density at radius 3 is 2.83 bits per heavy atom. The zero-order valence-corrected chi connectivity index (χ0v) is 11.2. The first-order valence-electron chi connectivity index (χ1n) is 5.69. The number of sulfone groups is 1. The molecule has 1 aromatic carbocycles. The summed E-state index contributed by atoms with van der Waals surface area (Å²) in [6.07, 6.45) is 0. The minimum atomic E-state index is -2.98. The standard InChI is InChI=1S/C13H17NO3S/c1-2-18(15,16)10-9-17-13-7-3-5-12(11-13)6-4-8-14/h3,5,7,11H,2,8-10,14H2,1H3. The van der Waals surface area contributed by atoms with Gasteiger partial charge < -0.3 is 10.5 Å². The Hall–Kier alpha value is -1.51. The van der Waals surface area contributed by atoms with Crippen LogP contribution in [0.5, 0.6) is 5.75 Å². The topological polar surface area (TPSA) is 69.4 Å². The Kier molecular flexibility index (Phi) is 5.69. The Balaban J connectivity index is 2.58. The quantitative estimate of drug-likeness (QED) is 0.802. The molecule has 0 fully saturated rings. The van der Waals surface area contributed by atoms with Gasteiger partial charge in [0.05, 0.1) is 12.3 Å². The van der Waals surface area contributed by atoms with E-state index in [0.29, 0.717) is 12.3 Å². The second kappa shape index (κ2) is 7.04. The van der Waals surface area contributed by atoms with Crippen LogP contribution in [0.3, 0.4) is 0 Å². The summed E-state index contributed by atoms with van der Waals surface area (Å²) >= 11 is 0. The molecule has 0 spiro atoms. The van der Waals surface area contributed by atoms with Crippen molar-refractivity contribution in [3.63, 3.8) is 0 Å². The first-order valence-corrected chi connectivity index (χ1v) is 7.52. The van der Waals surface area contributed by atoms with Gasteiger partial charge in [-0.3, -0.25) is 0 Å². The van der Waals surface area contributed by atoms with Crippen molar-refractivity contribution in [1.29, 1.82) is 0 Å². The van der Waals surface area contributed by atoms with Gasteiger partial charge in [0, 0.05) is 11.3 Å². The molecule has 0 aliphatic heterocycles. The molecule has 0 amide bonds. The lowest BCUT2D eigenvalue weighted by Gasteiger charge is -2.06. The summed E-state index contributed by atoms with van der Waals surface area (Å²) in [6, 6.07) is 7.19. The normalized spacial score (nSPS) is 10.6. The predicted molar refractivity (Wildman–Crippen MR) is 72.2 cm³/mol. The van der Waals surface area contributed by atoms with E-state index in [1.807, 2.05) is 12.1 Å². The lowest BCUT2D eigenvalue weighted by molar-refractivity contribution is 0.341. The maximum absolute atomic E-state index is 11.3. The number of ether oxygens (including phenoxy) is 1. The molecule has 0 saturated heterocycles. The molecule has 2 N–H and O–H groups in total. The van der Waals surface area contributed by atoms with Crippen LogP contribution in [0.1, 0.15) is 12.5 Å². The number of hydrogen-bond donors (Lipinski definition) is 1. The summed E-state index contributed by atoms with van der Waals surface area (Å²) in [4.78, 5) is 0. The van der Waals surface area contributed by atoms with E-state index < -0.39 is 9.84 Å². The summed E-state index contributed by atoms with van der Waals surface area (Å²) in [7, 11) is -2.98. The zero-order valence-electron chi connectivity index (χ0n) is 10.3. The van der Waals surface area contributed by atoms with Gasteiger partial charge in [0.25, 0.3) is 0 Å². The molecule has 5 heteroatoms. The van der Waals surface area contributed by atoms with Gasteiger partial charge >= 0.3 is 0 Å². The molecule has 4 nitrogen and oxygen atoms in total. The summed E-state index contributed by atoms with van der Waals surface area (Å²) in [5.74, 6) is 6.42. The van der Waals surface area contributed by atoms with E-state index in [0.717, 1.165) is 5.56 Å². The van der Waals surface area contributed by atoms with E-state index in [2.05, 4.69) is 11.8 Å². The van der Waals surface area contributed by atoms with E-state index in [4.69, 9.17) is 10.5 Å². The first kappa shape index (κ1) is 14.6. The maximum Gasteiger partial charge on any atom is 0.153 e. The molecule has 0 aliphatic rings. The van der Waals surface area contributed by atoms with E-state index in [-0.39, 0.29) is 18.1 Å². The van der Waals surface area contributed by atoms with Gasteiger partial charge in [-0.1, -0.05) is 24.8 Å². The van der Waals surface area contributed by atoms with Crippen molar-refractivity contribution < 1.29 is 13.2 Å². The third-order valence-electron chi connectivity index (χ3n) is 2.27. The lowest BCUT2D eigenvalue weighted by atomic mass is 10.2. The van der Waals surface area contributed by atoms with Crippen LogP contribution in [-0.4, -0.2) is 33.1 Å². The van der Waals surface area contributed by atoms with Crippen LogP contribution in [0.15, 0.2) is 24.3 Å². The molecule has 0 aliphatic carbocycles. The third-order valence-corrected chi connectivity index (χ3v) is 3.94. The van der Waals surface area contributed by atoms with Crippen LogP contribution in [0.2, 0.25) is 0 Å². The fourth-order valence-electron chi connectivity index (χ4n) is 1.25. The lowest BCUT2D eigenvalue weighted by Crippen LogP contribution is -2.15. The van der Waals surface area contributed by atoms with Gasteiger partial charge in [0.2, 0.25) is 0 Å². The van der Waals surface area contributed by atoms with Gasteiger partial charge in [0.15, 0.2) is 9.84 Å². The van der Waals surface area contributed by atoms with E-state index >= 15 is 0 Å². The average Bonchev–Trinajstić information content (AvgIpc) is 2.37. The van der Waals surface area contributed by atoms with E-state index in [1.54, 1.807) is 19.1 Å². The summed E-state index contributed by atoms with van der Waals surface area (Å²) < 4.78 is 27.9. The van der Waals surface area contributed by atoms with Crippen molar-refractivity contribution in [3.05, 3.63) is 29.8 Å². The molecule has 98 valence electrons. The molecule has 0 aromatic heterocycles. The summed E-state index contributed by atoms with van der Waals surface area (Å²) in [5, 5.41) is 0. The smallest absolute Gasteiger partial charge is 0.153 e. The molecular weight excluding hydrogens is 250 g/mol. The average molecular weight is 267 g/mol. The first-order chi connectivity index (χ1) is 8.57. The SMILES string of the molecule is CCS(=O)(=O)CCOc1cccc(C#CCN)c1. The number of benzene rings is 1. The molecular formula is C13H17NO3S. The highest BCUT2D eigenvalue weighted by molar-refractivity contribution is 7.91. The summed E-state index contributed by atoms with van der Waals surface area (Å²) in [6.45, 7) is 2.09. The second-order valence-corrected chi connectivity index (χ2v) is 6.09. The molecule has 0 radical (unpaired) electrons. The highest BCUT2D eigenvalue weighted by Gasteiger charge is 2.07. The largest absolute Gasteiger partial charge is 0.492 e. The summed E-state index contributed by atoms with van der Waals surface area (Å²) in [5.41, 5.74) is 6.09. The van der Waals surface area contributed by atoms with E-state index in [9.17, 15) is 8.42 Å². The predicted octanol–water partition coefficient (Wildman–Crippen LogP) is 0.810. The van der Waals surface area contributed by atoms with Crippen molar-refractivity contribution in [2.24, 2.45) is 5.73 Å². The maximum atomic E-state index is 11.3. The van der Waals surface area contributed by atoms with Gasteiger partial charge in [-0.2, -0.15) is 0 Å². The Labute approximate surface area is 108 Å². The molecule has 1 aromatic rings. The highest BCUT2D eigenvalue weighted by atomic mass is 32.2. The monoisotopic (exact) mass is 267 g/mol. The van der Waals surface area contributed by atoms with Crippen LogP contribution in [0, 0.1) is 11.8 Å². The fraction of sp³-hybridized carbons (Fsp3) is 0.385. The van der Waals surface area contributed by atoms with Crippen molar-refractivity contribution >= 4 is 9.84 Å². The molecule has 1 rings (SSSR count). The Bertz CT molecular complexity index is 541. The minimum absolute atomic E-state index is 0.0300. The zero-order chi connectivity index (χ0) is 13.4. The number of hydrogen-bond acceptors (Lipinski definition) is 4. The Morgan fingerprint density at radius 1 is 1.39 bits per heavy atom. The molecule has 0 bridgehead atoms.